The van der Waals surface area contributed by atoms with Crippen LogP contribution in [0.5, 0.6) is 0 Å². The number of hydrogen-bond acceptors (Lipinski definition) is 2. The summed E-state index contributed by atoms with van der Waals surface area (Å²) in [7, 11) is 0. The van der Waals surface area contributed by atoms with Crippen molar-refractivity contribution in [2.45, 2.75) is 12.5 Å². The Morgan fingerprint density at radius 2 is 2.36 bits per heavy atom. The maximum Gasteiger partial charge on any atom is 0.270 e. The average molecular weight is 150 g/mol. The summed E-state index contributed by atoms with van der Waals surface area (Å²) in [6.45, 7) is 0. The molecule has 0 fully saturated rings. The highest BCUT2D eigenvalue weighted by molar-refractivity contribution is 6.07. The van der Waals surface area contributed by atoms with E-state index in [1.54, 1.807) is 6.08 Å². The molecule has 56 valence electrons. The molecule has 4 heteroatoms. The lowest BCUT2D eigenvalue weighted by atomic mass is 10.1. The Hall–Kier alpha value is -1.45. The summed E-state index contributed by atoms with van der Waals surface area (Å²) in [4.78, 5) is 26.8. The second-order valence-electron chi connectivity index (χ2n) is 2.48. The number of carbonyl (C=O) groups excluding carboxylic acids is 2. The molecule has 0 N–H and O–H groups in total. The molecule has 2 rings (SSSR count). The Labute approximate surface area is 63.2 Å². The molecule has 0 saturated heterocycles. The first-order chi connectivity index (χ1) is 5.29. The number of hydrogen-bond donors (Lipinski definition) is 0. The molecule has 0 spiro atoms. The fourth-order valence-corrected chi connectivity index (χ4v) is 1.21. The van der Waals surface area contributed by atoms with Gasteiger partial charge in [-0.15, -0.1) is 0 Å². The van der Waals surface area contributed by atoms with Gasteiger partial charge in [-0.25, -0.2) is 4.99 Å². The van der Waals surface area contributed by atoms with Gasteiger partial charge in [-0.05, 0) is 12.5 Å². The lowest BCUT2D eigenvalue weighted by molar-refractivity contribution is -0.129. The molecule has 0 aromatic carbocycles. The summed E-state index contributed by atoms with van der Waals surface area (Å²) in [5.41, 5.74) is 0. The van der Waals surface area contributed by atoms with Crippen molar-refractivity contribution >= 4 is 18.2 Å². The minimum absolute atomic E-state index is 0.157. The van der Waals surface area contributed by atoms with E-state index in [-0.39, 0.29) is 17.9 Å². The third-order valence-electron chi connectivity index (χ3n) is 1.80. The molecule has 2 heterocycles. The Morgan fingerprint density at radius 3 is 3.09 bits per heavy atom. The van der Waals surface area contributed by atoms with E-state index in [2.05, 4.69) is 4.99 Å². The zero-order chi connectivity index (χ0) is 7.84. The number of amides is 2. The zero-order valence-electron chi connectivity index (χ0n) is 5.73. The van der Waals surface area contributed by atoms with Crippen LogP contribution in [0.3, 0.4) is 0 Å². The molecule has 0 saturated carbocycles. The Morgan fingerprint density at radius 1 is 1.55 bits per heavy atom. The highest BCUT2D eigenvalue weighted by atomic mass is 16.2. The van der Waals surface area contributed by atoms with Gasteiger partial charge in [0.25, 0.3) is 11.8 Å². The Balaban J connectivity index is 2.34. The van der Waals surface area contributed by atoms with Crippen LogP contribution in [-0.4, -0.2) is 29.1 Å². The van der Waals surface area contributed by atoms with Crippen molar-refractivity contribution in [2.24, 2.45) is 4.99 Å². The van der Waals surface area contributed by atoms with Crippen molar-refractivity contribution < 1.29 is 9.59 Å². The summed E-state index contributed by atoms with van der Waals surface area (Å²) in [5.74, 6) is -0.376. The van der Waals surface area contributed by atoms with Gasteiger partial charge in [0.05, 0.1) is 0 Å². The van der Waals surface area contributed by atoms with Crippen LogP contribution in [0.2, 0.25) is 0 Å². The molecule has 4 nitrogen and oxygen atoms in total. The SMILES string of the molecule is O=C1N=CN2C(=O)C=CCC12. The topological polar surface area (TPSA) is 49.7 Å². The van der Waals surface area contributed by atoms with Crippen LogP contribution in [0.4, 0.5) is 0 Å². The highest BCUT2D eigenvalue weighted by Crippen LogP contribution is 2.16. The van der Waals surface area contributed by atoms with Gasteiger partial charge in [0, 0.05) is 0 Å². The molecule has 0 aliphatic carbocycles. The van der Waals surface area contributed by atoms with Gasteiger partial charge in [0.2, 0.25) is 0 Å². The smallest absolute Gasteiger partial charge is 0.270 e. The van der Waals surface area contributed by atoms with Crippen molar-refractivity contribution in [3.05, 3.63) is 12.2 Å². The predicted octanol–water partition coefficient (Wildman–Crippen LogP) is -0.288. The van der Waals surface area contributed by atoms with Crippen molar-refractivity contribution in [3.8, 4) is 0 Å². The molecule has 1 atom stereocenters. The van der Waals surface area contributed by atoms with Crippen molar-refractivity contribution in [1.82, 2.24) is 4.90 Å². The normalized spacial score (nSPS) is 28.0. The minimum Gasteiger partial charge on any atom is -0.286 e. The predicted molar refractivity (Wildman–Crippen MR) is 37.9 cm³/mol. The van der Waals surface area contributed by atoms with E-state index in [1.165, 1.54) is 17.3 Å². The van der Waals surface area contributed by atoms with Crippen LogP contribution in [0.25, 0.3) is 0 Å². The molecule has 0 aromatic rings. The summed E-state index contributed by atoms with van der Waals surface area (Å²) < 4.78 is 0. The van der Waals surface area contributed by atoms with E-state index in [0.717, 1.165) is 0 Å². The third-order valence-corrected chi connectivity index (χ3v) is 1.80. The zero-order valence-corrected chi connectivity index (χ0v) is 5.73. The van der Waals surface area contributed by atoms with Gasteiger partial charge in [-0.3, -0.25) is 14.5 Å². The quantitative estimate of drug-likeness (QED) is 0.476. The third kappa shape index (κ3) is 0.790. The van der Waals surface area contributed by atoms with Crippen LogP contribution in [0.15, 0.2) is 17.1 Å². The summed E-state index contributed by atoms with van der Waals surface area (Å²) in [6.07, 6.45) is 5.06. The molecule has 0 radical (unpaired) electrons. The lowest BCUT2D eigenvalue weighted by Gasteiger charge is -2.20. The van der Waals surface area contributed by atoms with Crippen molar-refractivity contribution in [3.63, 3.8) is 0 Å². The van der Waals surface area contributed by atoms with Crippen molar-refractivity contribution in [1.29, 1.82) is 0 Å². The summed E-state index contributed by atoms with van der Waals surface area (Å²) in [5, 5.41) is 0. The summed E-state index contributed by atoms with van der Waals surface area (Å²) in [6, 6.07) is -0.354. The first-order valence-electron chi connectivity index (χ1n) is 3.36. The highest BCUT2D eigenvalue weighted by Gasteiger charge is 2.33. The fourth-order valence-electron chi connectivity index (χ4n) is 1.21. The maximum atomic E-state index is 11.0. The molecular formula is C7H6N2O2. The second kappa shape index (κ2) is 2.02. The first-order valence-corrected chi connectivity index (χ1v) is 3.36. The van der Waals surface area contributed by atoms with Gasteiger partial charge in [0.15, 0.2) is 0 Å². The van der Waals surface area contributed by atoms with Crippen LogP contribution in [0, 0.1) is 0 Å². The largest absolute Gasteiger partial charge is 0.286 e. The molecule has 0 bridgehead atoms. The number of nitrogens with zero attached hydrogens (tertiary/aromatic N) is 2. The monoisotopic (exact) mass is 150 g/mol. The van der Waals surface area contributed by atoms with Crippen LogP contribution in [0.1, 0.15) is 6.42 Å². The van der Waals surface area contributed by atoms with Gasteiger partial charge in [0.1, 0.15) is 12.4 Å². The van der Waals surface area contributed by atoms with Gasteiger partial charge >= 0.3 is 0 Å². The van der Waals surface area contributed by atoms with E-state index in [9.17, 15) is 9.59 Å². The Bertz CT molecular complexity index is 280. The standard InChI is InChI=1S/C7H6N2O2/c10-6-3-1-2-5-7(11)8-4-9(5)6/h1,3-5H,2H2. The maximum absolute atomic E-state index is 11.0. The van der Waals surface area contributed by atoms with Crippen LogP contribution < -0.4 is 0 Å². The minimum atomic E-state index is -0.354. The Kier molecular flexibility index (Phi) is 1.15. The van der Waals surface area contributed by atoms with Crippen LogP contribution in [-0.2, 0) is 9.59 Å². The fraction of sp³-hybridized carbons (Fsp3) is 0.286. The van der Waals surface area contributed by atoms with Crippen LogP contribution >= 0.6 is 0 Å². The molecule has 2 aliphatic rings. The van der Waals surface area contributed by atoms with E-state index < -0.39 is 0 Å². The number of rotatable bonds is 0. The van der Waals surface area contributed by atoms with Crippen molar-refractivity contribution in [2.75, 3.05) is 0 Å². The van der Waals surface area contributed by atoms with Gasteiger partial charge in [-0.2, -0.15) is 0 Å². The number of fused-ring (bicyclic) bond motifs is 1. The number of carbonyl (C=O) groups is 2. The van der Waals surface area contributed by atoms with Gasteiger partial charge < -0.3 is 0 Å². The second-order valence-corrected chi connectivity index (χ2v) is 2.48. The molecular weight excluding hydrogens is 144 g/mol. The molecule has 0 aromatic heterocycles. The van der Waals surface area contributed by atoms with Gasteiger partial charge in [-0.1, -0.05) is 6.08 Å². The molecule has 2 amide bonds. The molecule has 11 heavy (non-hydrogen) atoms. The van der Waals surface area contributed by atoms with E-state index in [0.29, 0.717) is 6.42 Å². The average Bonchev–Trinajstić information content (AvgIpc) is 2.35. The first kappa shape index (κ1) is 6.27. The number of aliphatic imine (C=N–C) groups is 1. The summed E-state index contributed by atoms with van der Waals surface area (Å²) >= 11 is 0. The lowest BCUT2D eigenvalue weighted by Crippen LogP contribution is -2.39. The molecule has 2 aliphatic heterocycles. The molecule has 1 unspecified atom stereocenters. The van der Waals surface area contributed by atoms with E-state index in [4.69, 9.17) is 0 Å². The van der Waals surface area contributed by atoms with E-state index in [1.807, 2.05) is 0 Å². The van der Waals surface area contributed by atoms with E-state index >= 15 is 0 Å².